The average Bonchev–Trinajstić information content (AvgIpc) is 1.97. The van der Waals surface area contributed by atoms with E-state index in [4.69, 9.17) is 5.11 Å². The zero-order chi connectivity index (χ0) is 12.2. The first-order chi connectivity index (χ1) is 6.63. The molecule has 15 heavy (non-hydrogen) atoms. The molecule has 0 rings (SSSR count). The summed E-state index contributed by atoms with van der Waals surface area (Å²) < 4.78 is 35.9. The van der Waals surface area contributed by atoms with E-state index < -0.39 is 30.6 Å². The molecule has 2 amide bonds. The number of amides is 2. The average molecular weight is 228 g/mol. The van der Waals surface area contributed by atoms with Gasteiger partial charge in [-0.1, -0.05) is 0 Å². The van der Waals surface area contributed by atoms with Crippen LogP contribution in [0.1, 0.15) is 6.42 Å². The van der Waals surface area contributed by atoms with Crippen LogP contribution in [0.15, 0.2) is 0 Å². The third-order valence-corrected chi connectivity index (χ3v) is 1.47. The number of hydrogen-bond acceptors (Lipinski definition) is 2. The smallest absolute Gasteiger partial charge is 0.405 e. The van der Waals surface area contributed by atoms with E-state index in [1.807, 2.05) is 0 Å². The molecular formula is C7H11F3N2O3. The molecule has 8 heteroatoms. The molecule has 0 radical (unpaired) electrons. The molecule has 0 aromatic heterocycles. The van der Waals surface area contributed by atoms with Gasteiger partial charge >= 0.3 is 12.3 Å². The molecule has 0 aliphatic heterocycles. The quantitative estimate of drug-likeness (QED) is 0.745. The van der Waals surface area contributed by atoms with Crippen LogP contribution in [-0.4, -0.2) is 48.3 Å². The Hall–Kier alpha value is -1.47. The number of nitrogens with one attached hydrogen (secondary N) is 1. The van der Waals surface area contributed by atoms with Gasteiger partial charge in [0, 0.05) is 14.1 Å². The number of carbonyl (C=O) groups is 2. The van der Waals surface area contributed by atoms with Crippen LogP contribution in [0.3, 0.4) is 0 Å². The number of alkyl halides is 3. The highest BCUT2D eigenvalue weighted by Crippen LogP contribution is 2.22. The molecule has 0 aliphatic rings. The number of nitrogens with zero attached hydrogens (tertiary/aromatic N) is 1. The fourth-order valence-corrected chi connectivity index (χ4v) is 0.892. The fraction of sp³-hybridized carbons (Fsp3) is 0.714. The van der Waals surface area contributed by atoms with Crippen LogP contribution in [-0.2, 0) is 4.79 Å². The van der Waals surface area contributed by atoms with Crippen molar-refractivity contribution in [1.29, 1.82) is 0 Å². The molecule has 0 bridgehead atoms. The Morgan fingerprint density at radius 2 is 1.87 bits per heavy atom. The van der Waals surface area contributed by atoms with Gasteiger partial charge in [0.2, 0.25) is 5.91 Å². The lowest BCUT2D eigenvalue weighted by atomic mass is 10.2. The van der Waals surface area contributed by atoms with Gasteiger partial charge in [-0.3, -0.25) is 4.79 Å². The van der Waals surface area contributed by atoms with Gasteiger partial charge in [0.05, 0.1) is 6.42 Å². The third-order valence-electron chi connectivity index (χ3n) is 1.47. The van der Waals surface area contributed by atoms with Gasteiger partial charge < -0.3 is 15.3 Å². The van der Waals surface area contributed by atoms with E-state index in [-0.39, 0.29) is 0 Å². The maximum atomic E-state index is 12.0. The van der Waals surface area contributed by atoms with Crippen LogP contribution in [0.25, 0.3) is 0 Å². The molecule has 1 unspecified atom stereocenters. The van der Waals surface area contributed by atoms with E-state index in [2.05, 4.69) is 0 Å². The highest BCUT2D eigenvalue weighted by atomic mass is 19.4. The Morgan fingerprint density at radius 1 is 1.40 bits per heavy atom. The maximum Gasteiger partial charge on any atom is 0.405 e. The van der Waals surface area contributed by atoms with E-state index in [1.54, 1.807) is 0 Å². The summed E-state index contributed by atoms with van der Waals surface area (Å²) in [6.45, 7) is 0. The molecule has 0 aromatic rings. The number of halogens is 3. The number of rotatable bonds is 3. The van der Waals surface area contributed by atoms with E-state index >= 15 is 0 Å². The van der Waals surface area contributed by atoms with Gasteiger partial charge in [-0.25, -0.2) is 4.79 Å². The van der Waals surface area contributed by atoms with Crippen molar-refractivity contribution in [3.05, 3.63) is 0 Å². The SMILES string of the molecule is CN(C)C(=O)C(CC(F)(F)F)NC(=O)O. The summed E-state index contributed by atoms with van der Waals surface area (Å²) >= 11 is 0. The molecule has 0 saturated heterocycles. The van der Waals surface area contributed by atoms with Gasteiger partial charge in [0.25, 0.3) is 0 Å². The topological polar surface area (TPSA) is 69.6 Å². The summed E-state index contributed by atoms with van der Waals surface area (Å²) in [5.74, 6) is -0.935. The third kappa shape index (κ3) is 5.76. The zero-order valence-corrected chi connectivity index (χ0v) is 8.13. The van der Waals surface area contributed by atoms with Gasteiger partial charge in [-0.2, -0.15) is 13.2 Å². The van der Waals surface area contributed by atoms with E-state index in [1.165, 1.54) is 19.4 Å². The van der Waals surface area contributed by atoms with Crippen LogP contribution in [0.2, 0.25) is 0 Å². The van der Waals surface area contributed by atoms with Crippen molar-refractivity contribution in [2.75, 3.05) is 14.1 Å². The van der Waals surface area contributed by atoms with Crippen molar-refractivity contribution in [1.82, 2.24) is 10.2 Å². The normalized spacial score (nSPS) is 13.1. The Morgan fingerprint density at radius 3 is 2.13 bits per heavy atom. The second-order valence-electron chi connectivity index (χ2n) is 3.05. The summed E-state index contributed by atoms with van der Waals surface area (Å²) in [7, 11) is 2.49. The summed E-state index contributed by atoms with van der Waals surface area (Å²) in [5, 5.41) is 9.79. The molecule has 88 valence electrons. The van der Waals surface area contributed by atoms with Crippen molar-refractivity contribution in [3.63, 3.8) is 0 Å². The van der Waals surface area contributed by atoms with E-state index in [9.17, 15) is 22.8 Å². The number of hydrogen-bond donors (Lipinski definition) is 2. The number of carbonyl (C=O) groups excluding carboxylic acids is 1. The van der Waals surface area contributed by atoms with Crippen molar-refractivity contribution < 1.29 is 27.9 Å². The number of likely N-dealkylation sites (N-methyl/N-ethyl adjacent to an activating group) is 1. The van der Waals surface area contributed by atoms with Crippen molar-refractivity contribution in [2.45, 2.75) is 18.6 Å². The monoisotopic (exact) mass is 228 g/mol. The summed E-state index contributed by atoms with van der Waals surface area (Å²) in [6.07, 6.45) is -7.78. The highest BCUT2D eigenvalue weighted by molar-refractivity contribution is 5.84. The van der Waals surface area contributed by atoms with Crippen LogP contribution < -0.4 is 5.32 Å². The van der Waals surface area contributed by atoms with Crippen LogP contribution in [0.4, 0.5) is 18.0 Å². The molecular weight excluding hydrogens is 217 g/mol. The molecule has 0 aromatic carbocycles. The predicted molar refractivity (Wildman–Crippen MR) is 44.3 cm³/mol. The predicted octanol–water partition coefficient (Wildman–Crippen LogP) is 0.663. The lowest BCUT2D eigenvalue weighted by Gasteiger charge is -2.21. The standard InChI is InChI=1S/C7H11F3N2O3/c1-12(2)5(13)4(11-6(14)15)3-7(8,9)10/h4,11H,3H2,1-2H3,(H,14,15). The summed E-state index contributed by atoms with van der Waals surface area (Å²) in [6, 6.07) is -1.79. The van der Waals surface area contributed by atoms with Crippen LogP contribution in [0, 0.1) is 0 Å². The van der Waals surface area contributed by atoms with Crippen molar-refractivity contribution >= 4 is 12.0 Å². The van der Waals surface area contributed by atoms with Crippen molar-refractivity contribution in [2.24, 2.45) is 0 Å². The Labute approximate surface area is 83.9 Å². The largest absolute Gasteiger partial charge is 0.465 e. The van der Waals surface area contributed by atoms with Gasteiger partial charge in [-0.15, -0.1) is 0 Å². The molecule has 0 aliphatic carbocycles. The minimum atomic E-state index is -4.60. The summed E-state index contributed by atoms with van der Waals surface area (Å²) in [5.41, 5.74) is 0. The fourth-order valence-electron chi connectivity index (χ4n) is 0.892. The minimum absolute atomic E-state index is 0.895. The minimum Gasteiger partial charge on any atom is -0.465 e. The van der Waals surface area contributed by atoms with E-state index in [0.717, 1.165) is 4.90 Å². The molecule has 2 N–H and O–H groups in total. The number of carboxylic acid groups (broad SMARTS) is 1. The molecule has 0 fully saturated rings. The van der Waals surface area contributed by atoms with Gasteiger partial charge in [0.15, 0.2) is 0 Å². The lowest BCUT2D eigenvalue weighted by molar-refractivity contribution is -0.152. The van der Waals surface area contributed by atoms with Gasteiger partial charge in [-0.05, 0) is 0 Å². The highest BCUT2D eigenvalue weighted by Gasteiger charge is 2.36. The molecule has 1 atom stereocenters. The Kier molecular flexibility index (Phi) is 4.38. The second kappa shape index (κ2) is 4.85. The molecule has 0 heterocycles. The Balaban J connectivity index is 4.59. The Bertz CT molecular complexity index is 252. The van der Waals surface area contributed by atoms with Crippen LogP contribution >= 0.6 is 0 Å². The molecule has 5 nitrogen and oxygen atoms in total. The van der Waals surface area contributed by atoms with Gasteiger partial charge in [0.1, 0.15) is 6.04 Å². The molecule has 0 spiro atoms. The van der Waals surface area contributed by atoms with Crippen molar-refractivity contribution in [3.8, 4) is 0 Å². The second-order valence-corrected chi connectivity index (χ2v) is 3.05. The zero-order valence-electron chi connectivity index (χ0n) is 8.13. The maximum absolute atomic E-state index is 12.0. The first kappa shape index (κ1) is 13.5. The van der Waals surface area contributed by atoms with E-state index in [0.29, 0.717) is 0 Å². The molecule has 0 saturated carbocycles. The first-order valence-electron chi connectivity index (χ1n) is 3.91. The first-order valence-corrected chi connectivity index (χ1v) is 3.91. The lowest BCUT2D eigenvalue weighted by Crippen LogP contribution is -2.47. The van der Waals surface area contributed by atoms with Crippen LogP contribution in [0.5, 0.6) is 0 Å². The summed E-state index contributed by atoms with van der Waals surface area (Å²) in [4.78, 5) is 22.2.